The van der Waals surface area contributed by atoms with Gasteiger partial charge >= 0.3 is 5.97 Å². The molecule has 1 N–H and O–H groups in total. The molecule has 1 aromatic carbocycles. The van der Waals surface area contributed by atoms with Crippen molar-refractivity contribution in [1.82, 2.24) is 0 Å². The molecule has 2 saturated carbocycles. The van der Waals surface area contributed by atoms with Crippen LogP contribution in [0, 0.1) is 35.0 Å². The monoisotopic (exact) mass is 407 g/mol. The van der Waals surface area contributed by atoms with Crippen LogP contribution in [0.3, 0.4) is 0 Å². The van der Waals surface area contributed by atoms with Crippen LogP contribution < -0.4 is 0 Å². The lowest BCUT2D eigenvalue weighted by molar-refractivity contribution is -0.136. The number of carbonyl (C=O) groups is 1. The van der Waals surface area contributed by atoms with Gasteiger partial charge in [0.05, 0.1) is 18.1 Å². The van der Waals surface area contributed by atoms with Crippen LogP contribution in [-0.2, 0) is 11.2 Å². The van der Waals surface area contributed by atoms with Crippen LogP contribution in [0.1, 0.15) is 88.2 Å². The normalized spacial score (nSPS) is 27.0. The molecule has 2 fully saturated rings. The van der Waals surface area contributed by atoms with E-state index in [2.05, 4.69) is 24.3 Å². The molecular formula is C27H37NO2. The first kappa shape index (κ1) is 22.6. The second-order valence-corrected chi connectivity index (χ2v) is 9.62. The molecule has 0 bridgehead atoms. The lowest BCUT2D eigenvalue weighted by atomic mass is 9.74. The van der Waals surface area contributed by atoms with Gasteiger partial charge < -0.3 is 5.11 Å². The molecule has 3 nitrogen and oxygen atoms in total. The smallest absolute Gasteiger partial charge is 0.307 e. The molecule has 0 radical (unpaired) electrons. The average molecular weight is 408 g/mol. The highest BCUT2D eigenvalue weighted by atomic mass is 16.4. The predicted octanol–water partition coefficient (Wildman–Crippen LogP) is 6.91. The van der Waals surface area contributed by atoms with Gasteiger partial charge in [-0.25, -0.2) is 0 Å². The number of rotatable bonds is 9. The van der Waals surface area contributed by atoms with E-state index in [-0.39, 0.29) is 6.42 Å². The number of benzene rings is 1. The number of hydrogen-bond acceptors (Lipinski definition) is 2. The summed E-state index contributed by atoms with van der Waals surface area (Å²) in [6.07, 6.45) is 20.1. The van der Waals surface area contributed by atoms with Crippen LogP contribution in [-0.4, -0.2) is 11.1 Å². The zero-order valence-electron chi connectivity index (χ0n) is 18.3. The molecule has 0 unspecified atom stereocenters. The van der Waals surface area contributed by atoms with Gasteiger partial charge in [0.15, 0.2) is 0 Å². The maximum absolute atomic E-state index is 10.6. The molecule has 0 heterocycles. The molecule has 3 heteroatoms. The number of nitriles is 1. The van der Waals surface area contributed by atoms with Crippen molar-refractivity contribution in [3.8, 4) is 6.07 Å². The molecule has 0 spiro atoms. The van der Waals surface area contributed by atoms with Gasteiger partial charge in [0.25, 0.3) is 0 Å². The molecule has 3 rings (SSSR count). The molecule has 0 aliphatic heterocycles. The second-order valence-electron chi connectivity index (χ2n) is 9.62. The molecule has 0 atom stereocenters. The van der Waals surface area contributed by atoms with Gasteiger partial charge in [-0.15, -0.1) is 0 Å². The number of hydrogen-bond donors (Lipinski definition) is 1. The molecule has 1 aromatic rings. The number of carboxylic acid groups (broad SMARTS) is 1. The number of carboxylic acids is 1. The SMILES string of the molecule is N#Cc1ccc(CCC2CCC(CCC3CCC(C=CCC(=O)O)CC3)CC2)cc1. The molecule has 30 heavy (non-hydrogen) atoms. The summed E-state index contributed by atoms with van der Waals surface area (Å²) in [7, 11) is 0. The standard InChI is InChI=1S/C27H37NO2/c28-20-26-18-16-25(17-19-26)15-14-24-12-10-23(11-13-24)9-8-22-6-4-21(5-7-22)2-1-3-27(29)30/h1-2,16-19,21-24H,3-15H2,(H,29,30). The molecule has 2 aliphatic rings. The first-order valence-electron chi connectivity index (χ1n) is 12.0. The van der Waals surface area contributed by atoms with Gasteiger partial charge in [-0.1, -0.05) is 62.8 Å². The van der Waals surface area contributed by atoms with Crippen LogP contribution in [0.5, 0.6) is 0 Å². The molecule has 0 aromatic heterocycles. The van der Waals surface area contributed by atoms with E-state index < -0.39 is 5.97 Å². The third kappa shape index (κ3) is 7.63. The van der Waals surface area contributed by atoms with Crippen LogP contribution in [0.2, 0.25) is 0 Å². The zero-order chi connectivity index (χ0) is 21.2. The highest BCUT2D eigenvalue weighted by Gasteiger charge is 2.24. The maximum atomic E-state index is 10.6. The summed E-state index contributed by atoms with van der Waals surface area (Å²) in [6.45, 7) is 0. The predicted molar refractivity (Wildman–Crippen MR) is 121 cm³/mol. The summed E-state index contributed by atoms with van der Waals surface area (Å²) in [5, 5.41) is 17.6. The molecule has 2 aliphatic carbocycles. The van der Waals surface area contributed by atoms with Crippen LogP contribution in [0.25, 0.3) is 0 Å². The van der Waals surface area contributed by atoms with E-state index in [1.54, 1.807) is 0 Å². The van der Waals surface area contributed by atoms with Crippen LogP contribution >= 0.6 is 0 Å². The van der Waals surface area contributed by atoms with Crippen LogP contribution in [0.4, 0.5) is 0 Å². The second kappa shape index (κ2) is 11.9. The summed E-state index contributed by atoms with van der Waals surface area (Å²) in [5.74, 6) is 2.58. The number of nitrogens with zero attached hydrogens (tertiary/aromatic N) is 1. The number of aliphatic carboxylic acids is 1. The van der Waals surface area contributed by atoms with Crippen molar-refractivity contribution in [3.63, 3.8) is 0 Å². The number of aryl methyl sites for hydroxylation is 1. The fourth-order valence-corrected chi connectivity index (χ4v) is 5.43. The van der Waals surface area contributed by atoms with Gasteiger partial charge in [0.2, 0.25) is 0 Å². The quantitative estimate of drug-likeness (QED) is 0.452. The minimum atomic E-state index is -0.732. The van der Waals surface area contributed by atoms with E-state index in [0.29, 0.717) is 5.92 Å². The zero-order valence-corrected chi connectivity index (χ0v) is 18.3. The molecule has 162 valence electrons. The Morgan fingerprint density at radius 2 is 1.43 bits per heavy atom. The van der Waals surface area contributed by atoms with Crippen molar-refractivity contribution in [3.05, 3.63) is 47.5 Å². The molecule has 0 amide bonds. The van der Waals surface area contributed by atoms with Gasteiger partial charge in [-0.3, -0.25) is 4.79 Å². The van der Waals surface area contributed by atoms with Gasteiger partial charge in [0.1, 0.15) is 0 Å². The minimum Gasteiger partial charge on any atom is -0.481 e. The minimum absolute atomic E-state index is 0.163. The first-order valence-corrected chi connectivity index (χ1v) is 12.0. The van der Waals surface area contributed by atoms with Crippen molar-refractivity contribution in [2.75, 3.05) is 0 Å². The Morgan fingerprint density at radius 1 is 0.900 bits per heavy atom. The van der Waals surface area contributed by atoms with Crippen LogP contribution in [0.15, 0.2) is 36.4 Å². The largest absolute Gasteiger partial charge is 0.481 e. The topological polar surface area (TPSA) is 61.1 Å². The Kier molecular flexibility index (Phi) is 9.00. The van der Waals surface area contributed by atoms with E-state index in [9.17, 15) is 4.79 Å². The van der Waals surface area contributed by atoms with Crippen molar-refractivity contribution in [2.24, 2.45) is 23.7 Å². The summed E-state index contributed by atoms with van der Waals surface area (Å²) in [5.41, 5.74) is 2.12. The summed E-state index contributed by atoms with van der Waals surface area (Å²) >= 11 is 0. The van der Waals surface area contributed by atoms with E-state index in [4.69, 9.17) is 10.4 Å². The van der Waals surface area contributed by atoms with E-state index in [0.717, 1.165) is 29.7 Å². The molecular weight excluding hydrogens is 370 g/mol. The third-order valence-electron chi connectivity index (χ3n) is 7.47. The highest BCUT2D eigenvalue weighted by molar-refractivity contribution is 5.68. The van der Waals surface area contributed by atoms with Gasteiger partial charge in [-0.2, -0.15) is 5.26 Å². The Labute approximate surface area is 182 Å². The maximum Gasteiger partial charge on any atom is 0.307 e. The van der Waals surface area contributed by atoms with Crippen molar-refractivity contribution < 1.29 is 9.90 Å². The Balaban J connectivity index is 1.27. The fraction of sp³-hybridized carbons (Fsp3) is 0.630. The Morgan fingerprint density at radius 3 is 1.97 bits per heavy atom. The van der Waals surface area contributed by atoms with Gasteiger partial charge in [-0.05, 0) is 79.9 Å². The third-order valence-corrected chi connectivity index (χ3v) is 7.47. The first-order chi connectivity index (χ1) is 14.6. The average Bonchev–Trinajstić information content (AvgIpc) is 2.78. The van der Waals surface area contributed by atoms with Crippen molar-refractivity contribution in [1.29, 1.82) is 5.26 Å². The summed E-state index contributed by atoms with van der Waals surface area (Å²) in [6, 6.07) is 10.3. The van der Waals surface area contributed by atoms with Gasteiger partial charge in [0, 0.05) is 0 Å². The Hall–Kier alpha value is -2.08. The summed E-state index contributed by atoms with van der Waals surface area (Å²) in [4.78, 5) is 10.6. The van der Waals surface area contributed by atoms with E-state index in [1.165, 1.54) is 76.2 Å². The molecule has 0 saturated heterocycles. The Bertz CT molecular complexity index is 714. The lowest BCUT2D eigenvalue weighted by Crippen LogP contribution is -2.18. The van der Waals surface area contributed by atoms with Crippen molar-refractivity contribution >= 4 is 5.97 Å². The highest BCUT2D eigenvalue weighted by Crippen LogP contribution is 2.37. The van der Waals surface area contributed by atoms with E-state index in [1.807, 2.05) is 18.2 Å². The fourth-order valence-electron chi connectivity index (χ4n) is 5.43. The lowest BCUT2D eigenvalue weighted by Gasteiger charge is -2.31. The number of allylic oxidation sites excluding steroid dienone is 1. The van der Waals surface area contributed by atoms with E-state index >= 15 is 0 Å². The van der Waals surface area contributed by atoms with Crippen molar-refractivity contribution in [2.45, 2.75) is 83.5 Å². The summed E-state index contributed by atoms with van der Waals surface area (Å²) < 4.78 is 0.